The number of amides is 2. The van der Waals surface area contributed by atoms with E-state index in [0.29, 0.717) is 11.4 Å². The normalized spacial score (nSPS) is 12.7. The number of anilines is 2. The minimum Gasteiger partial charge on any atom is -0.480 e. The molecule has 34 heavy (non-hydrogen) atoms. The van der Waals surface area contributed by atoms with Gasteiger partial charge in [-0.2, -0.15) is 4.72 Å². The quantitative estimate of drug-likeness (QED) is 0.296. The molecule has 4 rings (SSSR count). The van der Waals surface area contributed by atoms with Crippen LogP contribution < -0.4 is 15.4 Å². The number of carbonyl (C=O) groups excluding carboxylic acids is 1. The number of hydrogen-bond donors (Lipinski definition) is 4. The summed E-state index contributed by atoms with van der Waals surface area (Å²) in [6.45, 7) is 3.28. The van der Waals surface area contributed by atoms with Gasteiger partial charge in [-0.1, -0.05) is 26.0 Å². The molecule has 2 amide bonds. The maximum absolute atomic E-state index is 12.8. The van der Waals surface area contributed by atoms with Crippen LogP contribution in [-0.2, 0) is 14.8 Å². The van der Waals surface area contributed by atoms with Crippen molar-refractivity contribution in [1.29, 1.82) is 0 Å². The van der Waals surface area contributed by atoms with Gasteiger partial charge in [0.15, 0.2) is 0 Å². The number of nitrogens with zero attached hydrogens (tertiary/aromatic N) is 1. The summed E-state index contributed by atoms with van der Waals surface area (Å²) in [6.07, 6.45) is 3.15. The van der Waals surface area contributed by atoms with Crippen LogP contribution in [0.15, 0.2) is 65.8 Å². The lowest BCUT2D eigenvalue weighted by Gasteiger charge is -2.18. The Morgan fingerprint density at radius 1 is 0.912 bits per heavy atom. The molecule has 0 unspecified atom stereocenters. The summed E-state index contributed by atoms with van der Waals surface area (Å²) < 4.78 is 29.5. The number of carbonyl (C=O) groups is 2. The summed E-state index contributed by atoms with van der Waals surface area (Å²) in [4.78, 5) is 27.6. The lowest BCUT2D eigenvalue weighted by Crippen LogP contribution is -2.44. The van der Waals surface area contributed by atoms with Crippen molar-refractivity contribution in [3.8, 4) is 0 Å². The summed E-state index contributed by atoms with van der Waals surface area (Å²) in [5.74, 6) is -1.64. The second-order valence-electron chi connectivity index (χ2n) is 7.97. The summed E-state index contributed by atoms with van der Waals surface area (Å²) in [6, 6.07) is 11.9. The van der Waals surface area contributed by atoms with Crippen molar-refractivity contribution in [3.63, 3.8) is 0 Å². The number of hydrogen-bond acceptors (Lipinski definition) is 6. The molecule has 0 fully saturated rings. The van der Waals surface area contributed by atoms with Crippen molar-refractivity contribution in [2.24, 2.45) is 5.92 Å². The number of nitrogens with one attached hydrogen (secondary N) is 3. The first kappa shape index (κ1) is 23.6. The van der Waals surface area contributed by atoms with Gasteiger partial charge >= 0.3 is 12.0 Å². The first-order chi connectivity index (χ1) is 16.1. The highest BCUT2D eigenvalue weighted by Crippen LogP contribution is 2.36. The van der Waals surface area contributed by atoms with Crippen LogP contribution in [0.25, 0.3) is 20.2 Å². The number of sulfonamides is 1. The van der Waals surface area contributed by atoms with E-state index in [1.54, 1.807) is 50.5 Å². The predicted octanol–water partition coefficient (Wildman–Crippen LogP) is 4.48. The zero-order valence-electron chi connectivity index (χ0n) is 18.3. The van der Waals surface area contributed by atoms with Gasteiger partial charge in [-0.25, -0.2) is 13.2 Å². The third-order valence-electron chi connectivity index (χ3n) is 5.17. The van der Waals surface area contributed by atoms with Crippen LogP contribution in [-0.4, -0.2) is 36.6 Å². The van der Waals surface area contributed by atoms with E-state index in [1.807, 2.05) is 12.1 Å². The number of benzene rings is 2. The summed E-state index contributed by atoms with van der Waals surface area (Å²) in [5, 5.41) is 16.6. The second kappa shape index (κ2) is 9.37. The molecule has 0 saturated heterocycles. The van der Waals surface area contributed by atoms with E-state index in [1.165, 1.54) is 23.5 Å². The van der Waals surface area contributed by atoms with Crippen LogP contribution in [0.5, 0.6) is 0 Å². The molecule has 1 atom stereocenters. The Balaban J connectivity index is 1.59. The molecule has 0 spiro atoms. The second-order valence-corrected chi connectivity index (χ2v) is 10.8. The molecule has 11 heteroatoms. The fourth-order valence-electron chi connectivity index (χ4n) is 3.44. The van der Waals surface area contributed by atoms with E-state index in [-0.39, 0.29) is 4.90 Å². The van der Waals surface area contributed by atoms with E-state index in [9.17, 15) is 23.1 Å². The molecule has 2 aromatic carbocycles. The third-order valence-corrected chi connectivity index (χ3v) is 7.72. The van der Waals surface area contributed by atoms with Gasteiger partial charge in [0, 0.05) is 43.9 Å². The molecule has 0 aliphatic rings. The Morgan fingerprint density at radius 3 is 2.18 bits per heavy atom. The lowest BCUT2D eigenvalue weighted by atomic mass is 10.1. The smallest absolute Gasteiger partial charge is 0.323 e. The lowest BCUT2D eigenvalue weighted by molar-refractivity contribution is -0.140. The highest BCUT2D eigenvalue weighted by atomic mass is 32.2. The van der Waals surface area contributed by atoms with Gasteiger partial charge in [0.2, 0.25) is 10.0 Å². The van der Waals surface area contributed by atoms with Crippen molar-refractivity contribution in [1.82, 2.24) is 9.71 Å². The molecule has 0 aliphatic carbocycles. The average molecular weight is 499 g/mol. The van der Waals surface area contributed by atoms with E-state index in [2.05, 4.69) is 20.3 Å². The fraction of sp³-hybridized carbons (Fsp3) is 0.174. The number of urea groups is 1. The number of rotatable bonds is 7. The van der Waals surface area contributed by atoms with Crippen LogP contribution in [0.2, 0.25) is 0 Å². The predicted molar refractivity (Wildman–Crippen MR) is 133 cm³/mol. The number of thiophene rings is 1. The zero-order valence-corrected chi connectivity index (χ0v) is 19.9. The Kier molecular flexibility index (Phi) is 6.51. The van der Waals surface area contributed by atoms with Crippen molar-refractivity contribution in [2.75, 3.05) is 10.6 Å². The molecule has 4 N–H and O–H groups in total. The molecule has 2 heterocycles. The Morgan fingerprint density at radius 2 is 1.53 bits per heavy atom. The molecule has 0 bridgehead atoms. The van der Waals surface area contributed by atoms with Crippen LogP contribution in [0, 0.1) is 5.92 Å². The molecule has 0 saturated carbocycles. The van der Waals surface area contributed by atoms with E-state index >= 15 is 0 Å². The van der Waals surface area contributed by atoms with Gasteiger partial charge in [-0.05, 0) is 42.3 Å². The molecule has 176 valence electrons. The monoisotopic (exact) mass is 498 g/mol. The van der Waals surface area contributed by atoms with Crippen molar-refractivity contribution < 1.29 is 23.1 Å². The minimum absolute atomic E-state index is 0.00599. The van der Waals surface area contributed by atoms with Crippen LogP contribution in [0.1, 0.15) is 13.8 Å². The highest BCUT2D eigenvalue weighted by Gasteiger charge is 2.28. The molecule has 0 aliphatic heterocycles. The van der Waals surface area contributed by atoms with Gasteiger partial charge in [-0.3, -0.25) is 9.78 Å². The van der Waals surface area contributed by atoms with Gasteiger partial charge in [-0.15, -0.1) is 11.3 Å². The number of carboxylic acids is 1. The minimum atomic E-state index is -4.03. The molecule has 4 aromatic rings. The number of carboxylic acid groups (broad SMARTS) is 1. The standard InChI is InChI=1S/C23H22N4O5S2/c1-13(2)21(22(28)29)27-34(31,32)16-4-6-18-17-5-3-15(11-19(17)33-20(18)12-16)26-23(30)25-14-7-9-24-10-8-14/h3-13,21,27H,1-2H3,(H,28,29)(H2,24,25,26,30)/t21-/m1/s1. The van der Waals surface area contributed by atoms with Gasteiger partial charge in [0.05, 0.1) is 4.90 Å². The summed E-state index contributed by atoms with van der Waals surface area (Å²) >= 11 is 1.38. The molecular weight excluding hydrogens is 476 g/mol. The van der Waals surface area contributed by atoms with Gasteiger partial charge in [0.1, 0.15) is 6.04 Å². The van der Waals surface area contributed by atoms with Crippen molar-refractivity contribution >= 4 is 64.9 Å². The zero-order chi connectivity index (χ0) is 24.5. The topological polar surface area (TPSA) is 137 Å². The molecule has 0 radical (unpaired) electrons. The van der Waals surface area contributed by atoms with Crippen molar-refractivity contribution in [2.45, 2.75) is 24.8 Å². The van der Waals surface area contributed by atoms with Crippen LogP contribution in [0.4, 0.5) is 16.2 Å². The Hall–Kier alpha value is -3.54. The average Bonchev–Trinajstić information content (AvgIpc) is 3.14. The SMILES string of the molecule is CC(C)[C@@H](NS(=O)(=O)c1ccc2c(c1)sc1cc(NC(=O)Nc3ccncc3)ccc12)C(=O)O. The Bertz CT molecular complexity index is 1480. The number of pyridine rings is 1. The van der Waals surface area contributed by atoms with Gasteiger partial charge < -0.3 is 15.7 Å². The third kappa shape index (κ3) is 5.01. The Labute approximate surface area is 199 Å². The highest BCUT2D eigenvalue weighted by molar-refractivity contribution is 7.89. The van der Waals surface area contributed by atoms with E-state index < -0.39 is 34.0 Å². The van der Waals surface area contributed by atoms with Crippen LogP contribution in [0.3, 0.4) is 0 Å². The largest absolute Gasteiger partial charge is 0.480 e. The fourth-order valence-corrected chi connectivity index (χ4v) is 6.06. The molecule has 9 nitrogen and oxygen atoms in total. The van der Waals surface area contributed by atoms with E-state index in [4.69, 9.17) is 0 Å². The number of fused-ring (bicyclic) bond motifs is 3. The maximum Gasteiger partial charge on any atom is 0.323 e. The summed E-state index contributed by atoms with van der Waals surface area (Å²) in [7, 11) is -4.03. The summed E-state index contributed by atoms with van der Waals surface area (Å²) in [5.41, 5.74) is 1.20. The first-order valence-corrected chi connectivity index (χ1v) is 12.6. The van der Waals surface area contributed by atoms with E-state index in [0.717, 1.165) is 20.2 Å². The van der Waals surface area contributed by atoms with Gasteiger partial charge in [0.25, 0.3) is 0 Å². The van der Waals surface area contributed by atoms with Crippen LogP contribution >= 0.6 is 11.3 Å². The van der Waals surface area contributed by atoms with Crippen molar-refractivity contribution in [3.05, 3.63) is 60.9 Å². The number of aromatic nitrogens is 1. The molecule has 2 aromatic heterocycles. The molecular formula is C23H22N4O5S2. The number of aliphatic carboxylic acids is 1. The maximum atomic E-state index is 12.8. The first-order valence-electron chi connectivity index (χ1n) is 10.3.